The zero-order valence-corrected chi connectivity index (χ0v) is 17.7. The van der Waals surface area contributed by atoms with Crippen LogP contribution in [-0.4, -0.2) is 35.4 Å². The highest BCUT2D eigenvalue weighted by Crippen LogP contribution is 2.25. The van der Waals surface area contributed by atoms with Crippen molar-refractivity contribution < 1.29 is 9.72 Å². The van der Waals surface area contributed by atoms with Crippen LogP contribution < -0.4 is 10.6 Å². The van der Waals surface area contributed by atoms with Gasteiger partial charge in [0.05, 0.1) is 11.5 Å². The zero-order chi connectivity index (χ0) is 21.5. The number of carbonyl (C=O) groups is 1. The number of nitro benzene ring substituents is 1. The van der Waals surface area contributed by atoms with E-state index in [4.69, 9.17) is 0 Å². The molecule has 0 heterocycles. The van der Waals surface area contributed by atoms with Gasteiger partial charge in [-0.2, -0.15) is 0 Å². The maximum absolute atomic E-state index is 12.4. The quantitative estimate of drug-likeness (QED) is 0.486. The molecule has 7 heteroatoms. The molecule has 0 aliphatic heterocycles. The third-order valence-corrected chi connectivity index (χ3v) is 5.76. The number of anilines is 2. The van der Waals surface area contributed by atoms with Crippen LogP contribution in [0.15, 0.2) is 42.5 Å². The molecule has 160 valence electrons. The summed E-state index contributed by atoms with van der Waals surface area (Å²) in [5, 5.41) is 17.0. The summed E-state index contributed by atoms with van der Waals surface area (Å²) in [5.41, 5.74) is 3.07. The van der Waals surface area contributed by atoms with Crippen molar-refractivity contribution in [3.05, 3.63) is 63.7 Å². The lowest BCUT2D eigenvalue weighted by Gasteiger charge is -2.31. The number of aryl methyl sites for hydroxylation is 1. The monoisotopic (exact) mass is 410 g/mol. The van der Waals surface area contributed by atoms with Gasteiger partial charge in [-0.3, -0.25) is 19.8 Å². The molecule has 3 rings (SSSR count). The maximum Gasteiger partial charge on any atom is 0.274 e. The Bertz CT molecular complexity index is 894. The highest BCUT2D eigenvalue weighted by molar-refractivity contribution is 5.94. The fraction of sp³-hybridized carbons (Fsp3) is 0.435. The van der Waals surface area contributed by atoms with E-state index >= 15 is 0 Å². The number of benzene rings is 2. The molecule has 1 amide bonds. The minimum Gasteiger partial charge on any atom is -0.376 e. The molecular formula is C23H30N4O3. The number of hydrogen-bond acceptors (Lipinski definition) is 5. The van der Waals surface area contributed by atoms with Crippen molar-refractivity contribution in [1.29, 1.82) is 0 Å². The zero-order valence-electron chi connectivity index (χ0n) is 17.7. The third-order valence-electron chi connectivity index (χ3n) is 5.76. The van der Waals surface area contributed by atoms with E-state index in [0.29, 0.717) is 17.3 Å². The summed E-state index contributed by atoms with van der Waals surface area (Å²) in [5.74, 6) is -0.247. The fourth-order valence-corrected chi connectivity index (χ4v) is 4.01. The van der Waals surface area contributed by atoms with E-state index in [1.165, 1.54) is 38.2 Å². The van der Waals surface area contributed by atoms with Crippen LogP contribution in [0.2, 0.25) is 0 Å². The van der Waals surface area contributed by atoms with E-state index in [2.05, 4.69) is 28.6 Å². The predicted molar refractivity (Wildman–Crippen MR) is 120 cm³/mol. The molecule has 0 bridgehead atoms. The predicted octanol–water partition coefficient (Wildman–Crippen LogP) is 4.72. The number of amides is 1. The number of carbonyl (C=O) groups excluding carboxylic acids is 1. The molecule has 0 atom stereocenters. The van der Waals surface area contributed by atoms with Crippen LogP contribution in [0.3, 0.4) is 0 Å². The topological polar surface area (TPSA) is 87.5 Å². The summed E-state index contributed by atoms with van der Waals surface area (Å²) >= 11 is 0. The number of nitro groups is 1. The molecule has 1 aliphatic rings. The highest BCUT2D eigenvalue weighted by atomic mass is 16.6. The fourth-order valence-electron chi connectivity index (χ4n) is 4.01. The van der Waals surface area contributed by atoms with Crippen molar-refractivity contribution in [3.8, 4) is 0 Å². The van der Waals surface area contributed by atoms with Crippen molar-refractivity contribution in [2.45, 2.75) is 51.6 Å². The van der Waals surface area contributed by atoms with Gasteiger partial charge in [-0.15, -0.1) is 0 Å². The molecule has 2 aromatic rings. The van der Waals surface area contributed by atoms with Crippen LogP contribution in [0.5, 0.6) is 0 Å². The summed E-state index contributed by atoms with van der Waals surface area (Å²) in [6, 6.07) is 13.4. The summed E-state index contributed by atoms with van der Waals surface area (Å²) in [6.07, 6.45) is 6.43. The van der Waals surface area contributed by atoms with Crippen LogP contribution >= 0.6 is 0 Å². The normalized spacial score (nSPS) is 14.5. The molecule has 0 aromatic heterocycles. The second-order valence-electron chi connectivity index (χ2n) is 8.02. The standard InChI is InChI=1S/C23H30N4O3/c1-17-12-13-19(14-22(17)27(29)30)25-23(28)15-24-21-11-7-6-8-18(21)16-26(2)20-9-4-3-5-10-20/h6-8,11-14,20,24H,3-5,9-10,15-16H2,1-2H3,(H,25,28). The molecular weight excluding hydrogens is 380 g/mol. The van der Waals surface area contributed by atoms with Crippen molar-refractivity contribution in [3.63, 3.8) is 0 Å². The first-order valence-electron chi connectivity index (χ1n) is 10.5. The lowest BCUT2D eigenvalue weighted by atomic mass is 9.94. The smallest absolute Gasteiger partial charge is 0.274 e. The number of nitrogens with zero attached hydrogens (tertiary/aromatic N) is 2. The van der Waals surface area contributed by atoms with Crippen LogP contribution in [0.1, 0.15) is 43.2 Å². The Labute approximate surface area is 177 Å². The molecule has 0 radical (unpaired) electrons. The second kappa shape index (κ2) is 10.2. The van der Waals surface area contributed by atoms with E-state index in [1.807, 2.05) is 18.2 Å². The first kappa shape index (κ1) is 21.8. The summed E-state index contributed by atoms with van der Waals surface area (Å²) < 4.78 is 0. The SMILES string of the molecule is Cc1ccc(NC(=O)CNc2ccccc2CN(C)C2CCCCC2)cc1[N+](=O)[O-]. The average molecular weight is 411 g/mol. The second-order valence-corrected chi connectivity index (χ2v) is 8.02. The van der Waals surface area contributed by atoms with Crippen molar-refractivity contribution in [2.75, 3.05) is 24.2 Å². The average Bonchev–Trinajstić information content (AvgIpc) is 2.75. The highest BCUT2D eigenvalue weighted by Gasteiger charge is 2.19. The maximum atomic E-state index is 12.4. The Morgan fingerprint density at radius 2 is 1.90 bits per heavy atom. The minimum absolute atomic E-state index is 0.00291. The number of rotatable bonds is 8. The Kier molecular flexibility index (Phi) is 7.41. The molecule has 0 unspecified atom stereocenters. The summed E-state index contributed by atoms with van der Waals surface area (Å²) in [7, 11) is 2.17. The van der Waals surface area contributed by atoms with Crippen LogP contribution in [0.4, 0.5) is 17.1 Å². The van der Waals surface area contributed by atoms with E-state index in [0.717, 1.165) is 17.8 Å². The van der Waals surface area contributed by atoms with Crippen molar-refractivity contribution >= 4 is 23.0 Å². The molecule has 2 N–H and O–H groups in total. The van der Waals surface area contributed by atoms with Gasteiger partial charge in [0.1, 0.15) is 0 Å². The minimum atomic E-state index is -0.442. The van der Waals surface area contributed by atoms with Crippen molar-refractivity contribution in [2.24, 2.45) is 0 Å². The van der Waals surface area contributed by atoms with Gasteiger partial charge < -0.3 is 10.6 Å². The van der Waals surface area contributed by atoms with E-state index < -0.39 is 4.92 Å². The number of nitrogens with one attached hydrogen (secondary N) is 2. The van der Waals surface area contributed by atoms with E-state index in [9.17, 15) is 14.9 Å². The van der Waals surface area contributed by atoms with Crippen molar-refractivity contribution in [1.82, 2.24) is 4.90 Å². The first-order valence-corrected chi connectivity index (χ1v) is 10.5. The van der Waals surface area contributed by atoms with Gasteiger partial charge in [-0.05, 0) is 44.5 Å². The van der Waals surface area contributed by atoms with Gasteiger partial charge >= 0.3 is 0 Å². The molecule has 2 aromatic carbocycles. The summed E-state index contributed by atoms with van der Waals surface area (Å²) in [6.45, 7) is 2.60. The third kappa shape index (κ3) is 5.79. The number of hydrogen-bond donors (Lipinski definition) is 2. The molecule has 1 fully saturated rings. The van der Waals surface area contributed by atoms with Gasteiger partial charge in [0.2, 0.25) is 5.91 Å². The van der Waals surface area contributed by atoms with Crippen LogP contribution in [0.25, 0.3) is 0 Å². The summed E-state index contributed by atoms with van der Waals surface area (Å²) in [4.78, 5) is 25.4. The molecule has 7 nitrogen and oxygen atoms in total. The molecule has 0 spiro atoms. The van der Waals surface area contributed by atoms with Gasteiger partial charge in [-0.1, -0.05) is 43.5 Å². The Morgan fingerprint density at radius 3 is 2.63 bits per heavy atom. The van der Waals surface area contributed by atoms with E-state index in [-0.39, 0.29) is 18.1 Å². The first-order chi connectivity index (χ1) is 14.4. The Balaban J connectivity index is 1.58. The van der Waals surface area contributed by atoms with Gasteiger partial charge in [0.25, 0.3) is 5.69 Å². The van der Waals surface area contributed by atoms with E-state index in [1.54, 1.807) is 19.1 Å². The van der Waals surface area contributed by atoms with Gasteiger partial charge in [0.15, 0.2) is 0 Å². The largest absolute Gasteiger partial charge is 0.376 e. The molecule has 1 saturated carbocycles. The number of para-hydroxylation sites is 1. The molecule has 1 aliphatic carbocycles. The lowest BCUT2D eigenvalue weighted by molar-refractivity contribution is -0.385. The van der Waals surface area contributed by atoms with Gasteiger partial charge in [-0.25, -0.2) is 0 Å². The Morgan fingerprint density at radius 1 is 1.17 bits per heavy atom. The van der Waals surface area contributed by atoms with Gasteiger partial charge in [0, 0.05) is 35.6 Å². The molecule has 30 heavy (non-hydrogen) atoms. The molecule has 0 saturated heterocycles. The lowest BCUT2D eigenvalue weighted by Crippen LogP contribution is -2.33. The Hall–Kier alpha value is -2.93. The van der Waals surface area contributed by atoms with Crippen LogP contribution in [-0.2, 0) is 11.3 Å². The van der Waals surface area contributed by atoms with Crippen LogP contribution in [0, 0.1) is 17.0 Å².